The van der Waals surface area contributed by atoms with Crippen LogP contribution in [-0.4, -0.2) is 25.3 Å². The van der Waals surface area contributed by atoms with Gasteiger partial charge in [0.05, 0.1) is 17.7 Å². The molecule has 1 aromatic rings. The van der Waals surface area contributed by atoms with E-state index in [2.05, 4.69) is 5.32 Å². The molecule has 2 N–H and O–H groups in total. The Morgan fingerprint density at radius 1 is 1.38 bits per heavy atom. The van der Waals surface area contributed by atoms with E-state index in [1.165, 1.54) is 0 Å². The van der Waals surface area contributed by atoms with E-state index in [4.69, 9.17) is 16.3 Å². The number of aliphatic hydroxyl groups is 1. The van der Waals surface area contributed by atoms with Gasteiger partial charge in [0.15, 0.2) is 0 Å². The van der Waals surface area contributed by atoms with E-state index < -0.39 is 5.60 Å². The van der Waals surface area contributed by atoms with Crippen molar-refractivity contribution in [1.29, 1.82) is 0 Å². The molecule has 88 valence electrons. The summed E-state index contributed by atoms with van der Waals surface area (Å²) in [5.41, 5.74) is -0.0494. The second-order valence-corrected chi connectivity index (χ2v) is 4.48. The second-order valence-electron chi connectivity index (χ2n) is 4.10. The first-order valence-electron chi connectivity index (χ1n) is 5.43. The third-order valence-corrected chi connectivity index (χ3v) is 3.51. The Kier molecular flexibility index (Phi) is 3.38. The first-order chi connectivity index (χ1) is 7.67. The molecular weight excluding hydrogens is 226 g/mol. The molecule has 0 amide bonds. The molecule has 1 saturated heterocycles. The highest BCUT2D eigenvalue weighted by atomic mass is 35.5. The van der Waals surface area contributed by atoms with Crippen LogP contribution in [0.4, 0.5) is 0 Å². The molecule has 1 aliphatic rings. The van der Waals surface area contributed by atoms with Crippen LogP contribution in [0.3, 0.4) is 0 Å². The van der Waals surface area contributed by atoms with Gasteiger partial charge in [-0.25, -0.2) is 0 Å². The molecule has 0 aliphatic carbocycles. The Morgan fingerprint density at radius 3 is 2.69 bits per heavy atom. The summed E-state index contributed by atoms with van der Waals surface area (Å²) in [5, 5.41) is 14.3. The summed E-state index contributed by atoms with van der Waals surface area (Å²) in [4.78, 5) is 0. The van der Waals surface area contributed by atoms with Crippen LogP contribution in [0.1, 0.15) is 18.4 Å². The van der Waals surface area contributed by atoms with Gasteiger partial charge in [0.1, 0.15) is 5.75 Å². The van der Waals surface area contributed by atoms with Crippen LogP contribution in [0.15, 0.2) is 18.2 Å². The van der Waals surface area contributed by atoms with Crippen molar-refractivity contribution in [2.45, 2.75) is 18.4 Å². The van der Waals surface area contributed by atoms with Crippen LogP contribution >= 0.6 is 11.6 Å². The molecule has 16 heavy (non-hydrogen) atoms. The van der Waals surface area contributed by atoms with Crippen LogP contribution in [0.25, 0.3) is 0 Å². The number of halogens is 1. The fraction of sp³-hybridized carbons (Fsp3) is 0.500. The molecule has 1 heterocycles. The fourth-order valence-electron chi connectivity index (χ4n) is 2.14. The molecule has 0 aromatic heterocycles. The van der Waals surface area contributed by atoms with Crippen molar-refractivity contribution in [3.63, 3.8) is 0 Å². The summed E-state index contributed by atoms with van der Waals surface area (Å²) in [6.07, 6.45) is 1.36. The highest BCUT2D eigenvalue weighted by Crippen LogP contribution is 2.39. The van der Waals surface area contributed by atoms with Gasteiger partial charge in [0, 0.05) is 5.56 Å². The molecule has 0 atom stereocenters. The summed E-state index contributed by atoms with van der Waals surface area (Å²) in [7, 11) is 1.58. The minimum atomic E-state index is -0.823. The van der Waals surface area contributed by atoms with Crippen molar-refractivity contribution in [2.75, 3.05) is 20.2 Å². The van der Waals surface area contributed by atoms with E-state index in [0.717, 1.165) is 18.7 Å². The summed E-state index contributed by atoms with van der Waals surface area (Å²) in [5.74, 6) is 0.617. The van der Waals surface area contributed by atoms with E-state index in [1.54, 1.807) is 13.2 Å². The molecular formula is C12H16ClNO2. The summed E-state index contributed by atoms with van der Waals surface area (Å²) in [6, 6.07) is 5.53. The highest BCUT2D eigenvalue weighted by Gasteiger charge is 2.33. The molecule has 2 rings (SSSR count). The highest BCUT2D eigenvalue weighted by molar-refractivity contribution is 6.32. The maximum Gasteiger partial charge on any atom is 0.137 e. The zero-order valence-electron chi connectivity index (χ0n) is 9.29. The van der Waals surface area contributed by atoms with Gasteiger partial charge in [0.25, 0.3) is 0 Å². The first-order valence-corrected chi connectivity index (χ1v) is 5.81. The average molecular weight is 242 g/mol. The quantitative estimate of drug-likeness (QED) is 0.831. The lowest BCUT2D eigenvalue weighted by atomic mass is 9.85. The lowest BCUT2D eigenvalue weighted by Gasteiger charge is -2.33. The Balaban J connectivity index is 2.38. The monoisotopic (exact) mass is 241 g/mol. The van der Waals surface area contributed by atoms with Crippen LogP contribution in [0.5, 0.6) is 5.75 Å². The molecule has 1 aliphatic heterocycles. The summed E-state index contributed by atoms with van der Waals surface area (Å²) < 4.78 is 5.16. The molecule has 1 aromatic carbocycles. The van der Waals surface area contributed by atoms with Gasteiger partial charge in [0.2, 0.25) is 0 Å². The minimum absolute atomic E-state index is 0.523. The van der Waals surface area contributed by atoms with Gasteiger partial charge < -0.3 is 15.2 Å². The van der Waals surface area contributed by atoms with Crippen molar-refractivity contribution in [2.24, 2.45) is 0 Å². The van der Waals surface area contributed by atoms with Crippen molar-refractivity contribution >= 4 is 11.6 Å². The van der Waals surface area contributed by atoms with E-state index in [1.807, 2.05) is 12.1 Å². The summed E-state index contributed by atoms with van der Waals surface area (Å²) >= 11 is 6.23. The van der Waals surface area contributed by atoms with Gasteiger partial charge in [-0.05, 0) is 32.0 Å². The zero-order chi connectivity index (χ0) is 11.6. The van der Waals surface area contributed by atoms with Crippen LogP contribution < -0.4 is 10.1 Å². The molecule has 0 spiro atoms. The predicted octanol–water partition coefficient (Wildman–Crippen LogP) is 1.92. The van der Waals surface area contributed by atoms with Crippen LogP contribution in [-0.2, 0) is 5.60 Å². The second kappa shape index (κ2) is 4.62. The number of nitrogens with one attached hydrogen (secondary N) is 1. The number of methoxy groups -OCH3 is 1. The van der Waals surface area contributed by atoms with Crippen LogP contribution in [0.2, 0.25) is 5.02 Å². The van der Waals surface area contributed by atoms with Gasteiger partial charge >= 0.3 is 0 Å². The smallest absolute Gasteiger partial charge is 0.137 e. The van der Waals surface area contributed by atoms with E-state index in [-0.39, 0.29) is 0 Å². The number of hydrogen-bond acceptors (Lipinski definition) is 3. The van der Waals surface area contributed by atoms with Gasteiger partial charge in [-0.2, -0.15) is 0 Å². The topological polar surface area (TPSA) is 41.5 Å². The van der Waals surface area contributed by atoms with Gasteiger partial charge in [-0.1, -0.05) is 23.7 Å². The molecule has 3 nitrogen and oxygen atoms in total. The normalized spacial score (nSPS) is 19.4. The molecule has 0 unspecified atom stereocenters. The maximum atomic E-state index is 10.6. The van der Waals surface area contributed by atoms with Crippen molar-refractivity contribution < 1.29 is 9.84 Å². The molecule has 0 bridgehead atoms. The van der Waals surface area contributed by atoms with Crippen molar-refractivity contribution in [1.82, 2.24) is 5.32 Å². The predicted molar refractivity (Wildman–Crippen MR) is 64.0 cm³/mol. The lowest BCUT2D eigenvalue weighted by Crippen LogP contribution is -2.39. The largest absolute Gasteiger partial charge is 0.495 e. The summed E-state index contributed by atoms with van der Waals surface area (Å²) in [6.45, 7) is 1.62. The number of benzene rings is 1. The number of rotatable bonds is 2. The molecule has 4 heteroatoms. The Morgan fingerprint density at radius 2 is 2.06 bits per heavy atom. The van der Waals surface area contributed by atoms with E-state index in [0.29, 0.717) is 23.6 Å². The molecule has 0 saturated carbocycles. The third-order valence-electron chi connectivity index (χ3n) is 3.12. The van der Waals surface area contributed by atoms with E-state index >= 15 is 0 Å². The average Bonchev–Trinajstić information content (AvgIpc) is 2.30. The standard InChI is InChI=1S/C12H16ClNO2/c1-16-10-4-2-3-9(11(10)13)12(15)5-7-14-8-6-12/h2-4,14-15H,5-8H2,1H3. The minimum Gasteiger partial charge on any atom is -0.495 e. The maximum absolute atomic E-state index is 10.6. The number of hydrogen-bond donors (Lipinski definition) is 2. The Labute approximate surface area is 100 Å². The Hall–Kier alpha value is -0.770. The van der Waals surface area contributed by atoms with E-state index in [9.17, 15) is 5.11 Å². The first kappa shape index (κ1) is 11.7. The van der Waals surface area contributed by atoms with Gasteiger partial charge in [-0.15, -0.1) is 0 Å². The molecule has 0 radical (unpaired) electrons. The fourth-order valence-corrected chi connectivity index (χ4v) is 2.52. The lowest BCUT2D eigenvalue weighted by molar-refractivity contribution is 0.00588. The number of piperidine rings is 1. The Bertz CT molecular complexity index is 375. The van der Waals surface area contributed by atoms with Crippen molar-refractivity contribution in [3.8, 4) is 5.75 Å². The zero-order valence-corrected chi connectivity index (χ0v) is 10.0. The SMILES string of the molecule is COc1cccc(C2(O)CCNCC2)c1Cl. The van der Waals surface area contributed by atoms with Gasteiger partial charge in [-0.3, -0.25) is 0 Å². The van der Waals surface area contributed by atoms with Crippen LogP contribution in [0, 0.1) is 0 Å². The third kappa shape index (κ3) is 2.03. The van der Waals surface area contributed by atoms with Crippen molar-refractivity contribution in [3.05, 3.63) is 28.8 Å². The molecule has 1 fully saturated rings. The number of ether oxygens (including phenoxy) is 1.